The number of benzene rings is 2. The van der Waals surface area contributed by atoms with Crippen LogP contribution in [0.4, 0.5) is 5.69 Å². The van der Waals surface area contributed by atoms with Crippen molar-refractivity contribution in [2.75, 3.05) is 44.3 Å². The quantitative estimate of drug-likeness (QED) is 0.458. The van der Waals surface area contributed by atoms with E-state index < -0.39 is 16.0 Å². The topological polar surface area (TPSA) is 88.5 Å². The molecule has 2 aromatic rings. The fourth-order valence-electron chi connectivity index (χ4n) is 3.77. The summed E-state index contributed by atoms with van der Waals surface area (Å²) in [4.78, 5) is 19.1. The molecular weight excluding hydrogens is 442 g/mol. The van der Waals surface area contributed by atoms with E-state index in [1.54, 1.807) is 18.2 Å². The first-order chi connectivity index (χ1) is 15.9. The number of cyclic esters (lactones) is 1. The first-order valence-electron chi connectivity index (χ1n) is 11.0. The Hall–Kier alpha value is -3.01. The predicted octanol–water partition coefficient (Wildman–Crippen LogP) is 2.90. The largest absolute Gasteiger partial charge is 0.402 e. The lowest BCUT2D eigenvalue weighted by atomic mass is 10.1. The number of hydrogen-bond donors (Lipinski definition) is 0. The zero-order valence-electron chi connectivity index (χ0n) is 18.7. The molecule has 1 fully saturated rings. The van der Waals surface area contributed by atoms with Gasteiger partial charge in [0, 0.05) is 37.4 Å². The number of rotatable bonds is 7. The standard InChI is InChI=1S/C24H27N3O5S/c1-3-26(4-2)20-9-5-18(6-10-20)17-22-24(28)32-23(25-22)19-7-11-21(12-8-19)33(29,30)27-13-15-31-16-14-27/h5-12,17H,3-4,13-16H2,1-2H3/b22-17+. The molecule has 0 aromatic heterocycles. The number of nitrogens with zero attached hydrogens (tertiary/aromatic N) is 3. The van der Waals surface area contributed by atoms with Crippen LogP contribution in [-0.4, -0.2) is 64.0 Å². The van der Waals surface area contributed by atoms with Crippen molar-refractivity contribution >= 4 is 33.7 Å². The Kier molecular flexibility index (Phi) is 6.92. The lowest BCUT2D eigenvalue weighted by molar-refractivity contribution is -0.129. The van der Waals surface area contributed by atoms with Crippen LogP contribution in [0.5, 0.6) is 0 Å². The number of hydrogen-bond acceptors (Lipinski definition) is 7. The normalized spacial score (nSPS) is 18.3. The molecule has 0 radical (unpaired) electrons. The van der Waals surface area contributed by atoms with Crippen molar-refractivity contribution in [1.82, 2.24) is 4.31 Å². The molecule has 0 unspecified atom stereocenters. The predicted molar refractivity (Wildman–Crippen MR) is 127 cm³/mol. The molecule has 2 aliphatic rings. The van der Waals surface area contributed by atoms with Gasteiger partial charge in [-0.05, 0) is 61.9 Å². The third kappa shape index (κ3) is 5.00. The maximum absolute atomic E-state index is 12.8. The highest BCUT2D eigenvalue weighted by Crippen LogP contribution is 2.23. The van der Waals surface area contributed by atoms with Gasteiger partial charge in [0.15, 0.2) is 5.70 Å². The minimum absolute atomic E-state index is 0.154. The van der Waals surface area contributed by atoms with Crippen LogP contribution >= 0.6 is 0 Å². The minimum Gasteiger partial charge on any atom is -0.402 e. The molecule has 174 valence electrons. The van der Waals surface area contributed by atoms with Gasteiger partial charge in [0.1, 0.15) is 0 Å². The van der Waals surface area contributed by atoms with Gasteiger partial charge in [-0.1, -0.05) is 12.1 Å². The van der Waals surface area contributed by atoms with Crippen molar-refractivity contribution in [1.29, 1.82) is 0 Å². The molecule has 0 bridgehead atoms. The minimum atomic E-state index is -3.59. The van der Waals surface area contributed by atoms with E-state index in [1.807, 2.05) is 24.3 Å². The molecule has 8 nitrogen and oxygen atoms in total. The van der Waals surface area contributed by atoms with Crippen molar-refractivity contribution in [3.8, 4) is 0 Å². The molecule has 33 heavy (non-hydrogen) atoms. The Morgan fingerprint density at radius 3 is 2.24 bits per heavy atom. The van der Waals surface area contributed by atoms with E-state index >= 15 is 0 Å². The Balaban J connectivity index is 1.51. The van der Waals surface area contributed by atoms with E-state index in [1.165, 1.54) is 16.4 Å². The number of esters is 1. The number of carbonyl (C=O) groups is 1. The van der Waals surface area contributed by atoms with Gasteiger partial charge in [-0.25, -0.2) is 18.2 Å². The molecule has 2 aromatic carbocycles. The van der Waals surface area contributed by atoms with Gasteiger partial charge in [-0.3, -0.25) is 0 Å². The highest BCUT2D eigenvalue weighted by atomic mass is 32.2. The number of carbonyl (C=O) groups excluding carboxylic acids is 1. The van der Waals surface area contributed by atoms with E-state index in [4.69, 9.17) is 9.47 Å². The Bertz CT molecular complexity index is 1160. The molecule has 0 spiro atoms. The zero-order valence-corrected chi connectivity index (χ0v) is 19.5. The van der Waals surface area contributed by atoms with Gasteiger partial charge < -0.3 is 14.4 Å². The summed E-state index contributed by atoms with van der Waals surface area (Å²) in [6.45, 7) is 7.49. The van der Waals surface area contributed by atoms with Crippen molar-refractivity contribution < 1.29 is 22.7 Å². The molecular formula is C24H27N3O5S. The molecule has 2 heterocycles. The second-order valence-corrected chi connectivity index (χ2v) is 9.58. The van der Waals surface area contributed by atoms with Gasteiger partial charge in [0.25, 0.3) is 0 Å². The first kappa shape index (κ1) is 23.2. The molecule has 0 amide bonds. The number of ether oxygens (including phenoxy) is 2. The van der Waals surface area contributed by atoms with Crippen LogP contribution in [0.2, 0.25) is 0 Å². The van der Waals surface area contributed by atoms with Crippen molar-refractivity contribution in [2.45, 2.75) is 18.7 Å². The lowest BCUT2D eigenvalue weighted by Crippen LogP contribution is -2.40. The lowest BCUT2D eigenvalue weighted by Gasteiger charge is -2.26. The van der Waals surface area contributed by atoms with E-state index in [0.29, 0.717) is 31.9 Å². The summed E-state index contributed by atoms with van der Waals surface area (Å²) in [5, 5.41) is 0. The summed E-state index contributed by atoms with van der Waals surface area (Å²) < 4.78 is 37.5. The molecule has 1 saturated heterocycles. The Morgan fingerprint density at radius 1 is 1.00 bits per heavy atom. The zero-order chi connectivity index (χ0) is 23.4. The average molecular weight is 470 g/mol. The summed E-state index contributed by atoms with van der Waals surface area (Å²) in [6, 6.07) is 14.1. The SMILES string of the molecule is CCN(CC)c1ccc(/C=C2/N=C(c3ccc(S(=O)(=O)N4CCOCC4)cc3)OC2=O)cc1. The van der Waals surface area contributed by atoms with E-state index in [2.05, 4.69) is 23.7 Å². The first-order valence-corrected chi connectivity index (χ1v) is 12.4. The summed E-state index contributed by atoms with van der Waals surface area (Å²) in [5.74, 6) is -0.385. The van der Waals surface area contributed by atoms with Crippen LogP contribution in [0.25, 0.3) is 6.08 Å². The fraction of sp³-hybridized carbons (Fsp3) is 0.333. The number of sulfonamides is 1. The maximum atomic E-state index is 12.8. The highest BCUT2D eigenvalue weighted by molar-refractivity contribution is 7.89. The summed E-state index contributed by atoms with van der Waals surface area (Å²) >= 11 is 0. The van der Waals surface area contributed by atoms with Crippen LogP contribution in [0.3, 0.4) is 0 Å². The second-order valence-electron chi connectivity index (χ2n) is 7.64. The molecule has 0 N–H and O–H groups in total. The summed E-state index contributed by atoms with van der Waals surface area (Å²) in [5.41, 5.74) is 2.69. The molecule has 9 heteroatoms. The van der Waals surface area contributed by atoms with Crippen LogP contribution in [0, 0.1) is 0 Å². The third-order valence-electron chi connectivity index (χ3n) is 5.65. The van der Waals surface area contributed by atoms with E-state index in [-0.39, 0.29) is 16.5 Å². The molecule has 0 aliphatic carbocycles. The van der Waals surface area contributed by atoms with E-state index in [0.717, 1.165) is 24.3 Å². The van der Waals surface area contributed by atoms with E-state index in [9.17, 15) is 13.2 Å². The van der Waals surface area contributed by atoms with Gasteiger partial charge in [-0.2, -0.15) is 4.31 Å². The average Bonchev–Trinajstić information content (AvgIpc) is 3.21. The highest BCUT2D eigenvalue weighted by Gasteiger charge is 2.28. The molecule has 2 aliphatic heterocycles. The van der Waals surface area contributed by atoms with Gasteiger partial charge in [0.2, 0.25) is 15.9 Å². The van der Waals surface area contributed by atoms with Crippen molar-refractivity contribution in [2.24, 2.45) is 4.99 Å². The monoisotopic (exact) mass is 469 g/mol. The van der Waals surface area contributed by atoms with Gasteiger partial charge in [-0.15, -0.1) is 0 Å². The van der Waals surface area contributed by atoms with Crippen molar-refractivity contribution in [3.63, 3.8) is 0 Å². The molecule has 0 atom stereocenters. The number of aliphatic imine (C=N–C) groups is 1. The summed E-state index contributed by atoms with van der Waals surface area (Å²) in [6.07, 6.45) is 1.68. The van der Waals surface area contributed by atoms with Crippen molar-refractivity contribution in [3.05, 3.63) is 65.4 Å². The number of morpholine rings is 1. The van der Waals surface area contributed by atoms with Crippen LogP contribution in [0.15, 0.2) is 64.1 Å². The molecule has 0 saturated carbocycles. The Morgan fingerprint density at radius 2 is 1.64 bits per heavy atom. The summed E-state index contributed by atoms with van der Waals surface area (Å²) in [7, 11) is -3.59. The third-order valence-corrected chi connectivity index (χ3v) is 7.57. The fourth-order valence-corrected chi connectivity index (χ4v) is 5.17. The molecule has 4 rings (SSSR count). The van der Waals surface area contributed by atoms with Gasteiger partial charge in [0.05, 0.1) is 18.1 Å². The number of anilines is 1. The van der Waals surface area contributed by atoms with Crippen LogP contribution in [0.1, 0.15) is 25.0 Å². The maximum Gasteiger partial charge on any atom is 0.363 e. The second kappa shape index (κ2) is 9.86. The van der Waals surface area contributed by atoms with Gasteiger partial charge >= 0.3 is 5.97 Å². The van der Waals surface area contributed by atoms with Crippen LogP contribution < -0.4 is 4.90 Å². The Labute approximate surface area is 194 Å². The smallest absolute Gasteiger partial charge is 0.363 e. The van der Waals surface area contributed by atoms with Crippen LogP contribution in [-0.2, 0) is 24.3 Å².